The van der Waals surface area contributed by atoms with Gasteiger partial charge in [-0.15, -0.1) is 0 Å². The number of hydrogen-bond acceptors (Lipinski definition) is 9. The summed E-state index contributed by atoms with van der Waals surface area (Å²) in [6, 6.07) is 14.1. The second kappa shape index (κ2) is 13.5. The van der Waals surface area contributed by atoms with Crippen molar-refractivity contribution in [2.75, 3.05) is 38.5 Å². The Bertz CT molecular complexity index is 1480. The van der Waals surface area contributed by atoms with Crippen LogP contribution in [0, 0.1) is 24.2 Å². The van der Waals surface area contributed by atoms with Gasteiger partial charge in [0.05, 0.1) is 5.56 Å². The van der Waals surface area contributed by atoms with Crippen molar-refractivity contribution in [3.05, 3.63) is 59.4 Å². The molecule has 2 fully saturated rings. The summed E-state index contributed by atoms with van der Waals surface area (Å²) in [5.74, 6) is 1.82. The fourth-order valence-electron chi connectivity index (χ4n) is 6.20. The number of nitrogens with one attached hydrogen (secondary N) is 1. The first-order chi connectivity index (χ1) is 20.7. The van der Waals surface area contributed by atoms with E-state index in [9.17, 15) is 15.2 Å². The molecule has 1 amide bonds. The van der Waals surface area contributed by atoms with Crippen LogP contribution < -0.4 is 10.1 Å². The number of piperidine rings is 2. The molecule has 2 aliphatic heterocycles. The van der Waals surface area contributed by atoms with Crippen LogP contribution in [-0.4, -0.2) is 81.2 Å². The molecule has 226 valence electrons. The summed E-state index contributed by atoms with van der Waals surface area (Å²) in [5, 5.41) is 23.0. The maximum Gasteiger partial charge on any atom is 0.251 e. The highest BCUT2D eigenvalue weighted by atomic mass is 16.5. The summed E-state index contributed by atoms with van der Waals surface area (Å²) in [6.45, 7) is 8.99. The van der Waals surface area contributed by atoms with Gasteiger partial charge in [0.1, 0.15) is 30.4 Å². The van der Waals surface area contributed by atoms with Crippen LogP contribution >= 0.6 is 0 Å². The first-order valence-electron chi connectivity index (χ1n) is 15.2. The average molecular weight is 584 g/mol. The number of aliphatic hydroxyl groups excluding tert-OH is 1. The summed E-state index contributed by atoms with van der Waals surface area (Å²) < 4.78 is 6.34. The summed E-state index contributed by atoms with van der Waals surface area (Å²) in [4.78, 5) is 29.7. The number of amides is 1. The lowest BCUT2D eigenvalue weighted by Crippen LogP contribution is -2.50. The van der Waals surface area contributed by atoms with Crippen molar-refractivity contribution in [2.45, 2.75) is 64.6 Å². The van der Waals surface area contributed by atoms with E-state index in [2.05, 4.69) is 70.3 Å². The number of anilines is 2. The number of hydrogen-bond donors (Lipinski definition) is 2. The van der Waals surface area contributed by atoms with Crippen LogP contribution in [-0.2, 0) is 4.79 Å². The molecule has 0 aliphatic carbocycles. The minimum atomic E-state index is -1.02. The molecule has 2 N–H and O–H groups in total. The van der Waals surface area contributed by atoms with E-state index in [1.807, 2.05) is 6.07 Å². The van der Waals surface area contributed by atoms with Crippen LogP contribution in [0.25, 0.3) is 11.4 Å². The van der Waals surface area contributed by atoms with Crippen LogP contribution in [0.15, 0.2) is 42.7 Å². The van der Waals surface area contributed by atoms with E-state index in [0.717, 1.165) is 25.2 Å². The van der Waals surface area contributed by atoms with Gasteiger partial charge in [0.2, 0.25) is 5.95 Å². The first-order valence-corrected chi connectivity index (χ1v) is 15.2. The van der Waals surface area contributed by atoms with Crippen molar-refractivity contribution >= 4 is 17.5 Å². The number of aromatic nitrogens is 3. The Labute approximate surface area is 253 Å². The molecule has 2 aliphatic rings. The molecule has 2 aromatic carbocycles. The zero-order valence-corrected chi connectivity index (χ0v) is 25.5. The van der Waals surface area contributed by atoms with Gasteiger partial charge < -0.3 is 25.0 Å². The van der Waals surface area contributed by atoms with Gasteiger partial charge in [-0.25, -0.2) is 9.97 Å². The third-order valence-corrected chi connectivity index (χ3v) is 8.75. The number of nitriles is 1. The van der Waals surface area contributed by atoms with Crippen molar-refractivity contribution in [1.29, 1.82) is 5.26 Å². The number of aliphatic hydroxyl groups is 1. The summed E-state index contributed by atoms with van der Waals surface area (Å²) in [6.07, 6.45) is 4.12. The van der Waals surface area contributed by atoms with Crippen molar-refractivity contribution in [2.24, 2.45) is 5.92 Å². The highest BCUT2D eigenvalue weighted by molar-refractivity contribution is 5.80. The number of nitrogens with zero attached hydrogens (tertiary/aromatic N) is 6. The fourth-order valence-corrected chi connectivity index (χ4v) is 6.20. The maximum atomic E-state index is 12.3. The molecule has 0 spiro atoms. The molecule has 43 heavy (non-hydrogen) atoms. The number of rotatable bonds is 8. The Morgan fingerprint density at radius 3 is 2.65 bits per heavy atom. The van der Waals surface area contributed by atoms with Crippen molar-refractivity contribution in [3.63, 3.8) is 0 Å². The number of benzene rings is 2. The predicted molar refractivity (Wildman–Crippen MR) is 165 cm³/mol. The van der Waals surface area contributed by atoms with Crippen LogP contribution in [0.4, 0.5) is 11.6 Å². The minimum Gasteiger partial charge on any atom is -0.489 e. The van der Waals surface area contributed by atoms with Crippen molar-refractivity contribution < 1.29 is 14.6 Å². The molecule has 0 bridgehead atoms. The van der Waals surface area contributed by atoms with Gasteiger partial charge in [0, 0.05) is 36.7 Å². The number of carbonyl (C=O) groups excluding carboxylic acids is 1. The molecule has 0 radical (unpaired) electrons. The van der Waals surface area contributed by atoms with E-state index < -0.39 is 6.10 Å². The molecule has 0 unspecified atom stereocenters. The number of aryl methyl sites for hydroxylation is 1. The molecular formula is C33H41N7O3. The Balaban J connectivity index is 1.27. The molecule has 1 aromatic heterocycles. The van der Waals surface area contributed by atoms with Gasteiger partial charge in [-0.1, -0.05) is 13.0 Å². The van der Waals surface area contributed by atoms with Crippen LogP contribution in [0.1, 0.15) is 62.1 Å². The topological polar surface area (TPSA) is 128 Å². The molecule has 10 heteroatoms. The normalized spacial score (nSPS) is 20.3. The van der Waals surface area contributed by atoms with E-state index in [-0.39, 0.29) is 17.9 Å². The summed E-state index contributed by atoms with van der Waals surface area (Å²) in [5.41, 5.74) is 4.66. The van der Waals surface area contributed by atoms with Gasteiger partial charge in [0.25, 0.3) is 5.91 Å². The Morgan fingerprint density at radius 2 is 1.95 bits per heavy atom. The number of ether oxygens (including phenoxy) is 1. The zero-order chi connectivity index (χ0) is 30.5. The Morgan fingerprint density at radius 1 is 1.16 bits per heavy atom. The van der Waals surface area contributed by atoms with Gasteiger partial charge in [0.15, 0.2) is 5.82 Å². The molecule has 3 atom stereocenters. The molecule has 3 heterocycles. The third-order valence-electron chi connectivity index (χ3n) is 8.75. The molecule has 5 rings (SSSR count). The lowest BCUT2D eigenvalue weighted by Gasteiger charge is -2.38. The van der Waals surface area contributed by atoms with Gasteiger partial charge in [-0.3, -0.25) is 4.79 Å². The molecule has 0 saturated carbocycles. The fraction of sp³-hybridized carbons (Fsp3) is 0.485. The van der Waals surface area contributed by atoms with E-state index in [0.29, 0.717) is 54.1 Å². The highest BCUT2D eigenvalue weighted by Gasteiger charge is 2.33. The number of likely N-dealkylation sites (tertiary alicyclic amines) is 2. The van der Waals surface area contributed by atoms with E-state index in [4.69, 9.17) is 4.74 Å². The molecular weight excluding hydrogens is 542 g/mol. The van der Waals surface area contributed by atoms with Gasteiger partial charge in [-0.05, 0) is 101 Å². The summed E-state index contributed by atoms with van der Waals surface area (Å²) >= 11 is 0. The smallest absolute Gasteiger partial charge is 0.251 e. The molecule has 3 aromatic rings. The quantitative estimate of drug-likeness (QED) is 0.389. The zero-order valence-electron chi connectivity index (χ0n) is 25.5. The monoisotopic (exact) mass is 583 g/mol. The number of carbonyl (C=O) groups is 1. The van der Waals surface area contributed by atoms with Crippen LogP contribution in [0.5, 0.6) is 5.75 Å². The SMILES string of the molecule is CC[C@@H]1CN(C(=O)[C@H](C)O)CC[C@@H]1Oc1ccc(-c2ncnc(Nc3ccc(C4CCN(C)CC4)c(C)c3)n2)cc1C#N. The Kier molecular flexibility index (Phi) is 9.53. The second-order valence-corrected chi connectivity index (χ2v) is 11.8. The van der Waals surface area contributed by atoms with Crippen molar-refractivity contribution in [3.8, 4) is 23.2 Å². The standard InChI is InChI=1S/C33H41N7O3/c1-5-23-19-40(32(42)22(3)41)15-12-30(23)43-29-9-6-25(17-26(29)18-34)31-35-20-36-33(38-31)37-27-7-8-28(21(2)16-27)24-10-13-39(4)14-11-24/h6-9,16-17,20,22-24,30,41H,5,10-15,19H2,1-4H3,(H,35,36,37,38)/t22-,23+,30-/m0/s1. The molecule has 10 nitrogen and oxygen atoms in total. The molecule has 2 saturated heterocycles. The maximum absolute atomic E-state index is 12.3. The second-order valence-electron chi connectivity index (χ2n) is 11.8. The minimum absolute atomic E-state index is 0.0990. The summed E-state index contributed by atoms with van der Waals surface area (Å²) in [7, 11) is 2.18. The average Bonchev–Trinajstić information content (AvgIpc) is 3.01. The largest absolute Gasteiger partial charge is 0.489 e. The van der Waals surface area contributed by atoms with E-state index in [1.165, 1.54) is 37.2 Å². The predicted octanol–water partition coefficient (Wildman–Crippen LogP) is 4.66. The Hall–Kier alpha value is -4.07. The highest BCUT2D eigenvalue weighted by Crippen LogP contribution is 2.33. The lowest BCUT2D eigenvalue weighted by atomic mass is 9.87. The first kappa shape index (κ1) is 30.4. The van der Waals surface area contributed by atoms with E-state index in [1.54, 1.807) is 17.0 Å². The van der Waals surface area contributed by atoms with Crippen LogP contribution in [0.2, 0.25) is 0 Å². The lowest BCUT2D eigenvalue weighted by molar-refractivity contribution is -0.142. The van der Waals surface area contributed by atoms with Crippen molar-refractivity contribution in [1.82, 2.24) is 24.8 Å². The van der Waals surface area contributed by atoms with Gasteiger partial charge >= 0.3 is 0 Å². The van der Waals surface area contributed by atoms with Crippen LogP contribution in [0.3, 0.4) is 0 Å². The van der Waals surface area contributed by atoms with E-state index >= 15 is 0 Å². The third kappa shape index (κ3) is 7.12. The van der Waals surface area contributed by atoms with Gasteiger partial charge in [-0.2, -0.15) is 10.2 Å².